The Bertz CT molecular complexity index is 1560. The molecule has 0 amide bonds. The zero-order valence-electron chi connectivity index (χ0n) is 22.0. The summed E-state index contributed by atoms with van der Waals surface area (Å²) in [6.07, 6.45) is -4.60. The van der Waals surface area contributed by atoms with E-state index in [0.29, 0.717) is 16.8 Å². The van der Waals surface area contributed by atoms with E-state index >= 15 is 0 Å². The average Bonchev–Trinajstić information content (AvgIpc) is 3.50. The number of hydrogen-bond donors (Lipinski definition) is 1. The van der Waals surface area contributed by atoms with Gasteiger partial charge in [0.15, 0.2) is 5.78 Å². The predicted molar refractivity (Wildman–Crippen MR) is 146 cm³/mol. The van der Waals surface area contributed by atoms with E-state index in [1.165, 1.54) is 35.5 Å². The van der Waals surface area contributed by atoms with Crippen LogP contribution in [0.4, 0.5) is 18.9 Å². The monoisotopic (exact) mass is 582 g/mol. The fourth-order valence-corrected chi connectivity index (χ4v) is 6.32. The van der Waals surface area contributed by atoms with E-state index < -0.39 is 47.2 Å². The third-order valence-electron chi connectivity index (χ3n) is 7.43. The Morgan fingerprint density at radius 1 is 1.00 bits per heavy atom. The first-order valence-electron chi connectivity index (χ1n) is 12.6. The number of Topliss-reactive ketones (excluding diaryl/α,β-unsaturated/α-hetero) is 1. The van der Waals surface area contributed by atoms with Gasteiger partial charge >= 0.3 is 18.1 Å². The first-order chi connectivity index (χ1) is 19.6. The van der Waals surface area contributed by atoms with Crippen LogP contribution in [0.25, 0.3) is 0 Å². The highest BCUT2D eigenvalue weighted by atomic mass is 32.1. The molecule has 0 bridgehead atoms. The molecule has 0 fully saturated rings. The zero-order chi connectivity index (χ0) is 29.5. The number of ether oxygens (including phenoxy) is 2. The number of anilines is 1. The van der Waals surface area contributed by atoms with Crippen LogP contribution < -0.4 is 10.6 Å². The summed E-state index contributed by atoms with van der Waals surface area (Å²) in [6, 6.07) is 15.1. The molecule has 0 radical (unpaired) electrons. The molecule has 11 heteroatoms. The number of hydrogen-bond acceptors (Lipinski definition) is 8. The number of esters is 2. The Kier molecular flexibility index (Phi) is 7.48. The molecule has 5 rings (SSSR count). The van der Waals surface area contributed by atoms with Crippen molar-refractivity contribution in [3.8, 4) is 0 Å². The van der Waals surface area contributed by atoms with E-state index in [1.54, 1.807) is 47.2 Å². The molecule has 2 heterocycles. The number of ketones is 1. The van der Waals surface area contributed by atoms with E-state index in [0.717, 1.165) is 19.2 Å². The van der Waals surface area contributed by atoms with Gasteiger partial charge in [0.1, 0.15) is 11.7 Å². The number of carbonyl (C=O) groups is 3. The van der Waals surface area contributed by atoms with Crippen molar-refractivity contribution < 1.29 is 37.0 Å². The first-order valence-corrected chi connectivity index (χ1v) is 13.5. The lowest BCUT2D eigenvalue weighted by atomic mass is 9.67. The van der Waals surface area contributed by atoms with Crippen LogP contribution in [0.15, 0.2) is 94.1 Å². The molecule has 2 aromatic carbocycles. The minimum atomic E-state index is -4.66. The Morgan fingerprint density at radius 3 is 2.34 bits per heavy atom. The van der Waals surface area contributed by atoms with Gasteiger partial charge in [-0.2, -0.15) is 24.5 Å². The lowest BCUT2D eigenvalue weighted by molar-refractivity contribution is -0.150. The van der Waals surface area contributed by atoms with E-state index in [2.05, 4.69) is 0 Å². The fourth-order valence-electron chi connectivity index (χ4n) is 5.64. The molecule has 1 aliphatic carbocycles. The number of nitrogens with two attached hydrogens (primary N) is 1. The van der Waals surface area contributed by atoms with E-state index in [1.807, 2.05) is 0 Å². The second-order valence-electron chi connectivity index (χ2n) is 9.61. The number of methoxy groups -OCH3 is 2. The van der Waals surface area contributed by atoms with Gasteiger partial charge in [0, 0.05) is 22.9 Å². The van der Waals surface area contributed by atoms with Crippen LogP contribution >= 0.6 is 11.3 Å². The number of carbonyl (C=O) groups excluding carboxylic acids is 3. The molecule has 0 unspecified atom stereocenters. The summed E-state index contributed by atoms with van der Waals surface area (Å²) in [4.78, 5) is 42.1. The summed E-state index contributed by atoms with van der Waals surface area (Å²) < 4.78 is 51.3. The highest BCUT2D eigenvalue weighted by molar-refractivity contribution is 7.08. The van der Waals surface area contributed by atoms with Crippen LogP contribution in [0.2, 0.25) is 0 Å². The average molecular weight is 583 g/mol. The topological polar surface area (TPSA) is 98.9 Å². The van der Waals surface area contributed by atoms with E-state index in [-0.39, 0.29) is 29.1 Å². The van der Waals surface area contributed by atoms with Gasteiger partial charge in [-0.05, 0) is 52.6 Å². The molecule has 0 saturated heterocycles. The van der Waals surface area contributed by atoms with E-state index in [4.69, 9.17) is 15.2 Å². The summed E-state index contributed by atoms with van der Waals surface area (Å²) in [5, 5.41) is 3.51. The molecule has 1 aliphatic heterocycles. The molecule has 3 aromatic rings. The van der Waals surface area contributed by atoms with Crippen LogP contribution in [-0.4, -0.2) is 31.9 Å². The standard InChI is InChI=1S/C30H25F3N2O5S/c1-39-28(37)23-20(16-7-4-3-5-8-16)14-21-24(26(23)36)22(17-11-12-41-15-17)25(29(38)40-2)27(34)35(21)19-10-6-9-18(13-19)30(31,32)33/h3-13,15,20,22-23H,14,34H2,1-2H3/t20-,22-,23-/m0/s1. The van der Waals surface area contributed by atoms with Gasteiger partial charge in [0.2, 0.25) is 0 Å². The number of alkyl halides is 3. The maximum Gasteiger partial charge on any atom is 0.416 e. The van der Waals surface area contributed by atoms with Crippen LogP contribution in [0, 0.1) is 5.92 Å². The molecule has 0 spiro atoms. The fraction of sp³-hybridized carbons (Fsp3) is 0.233. The van der Waals surface area contributed by atoms with Gasteiger partial charge in [0.25, 0.3) is 0 Å². The van der Waals surface area contributed by atoms with Crippen LogP contribution in [-0.2, 0) is 30.0 Å². The smallest absolute Gasteiger partial charge is 0.416 e. The zero-order valence-corrected chi connectivity index (χ0v) is 22.8. The van der Waals surface area contributed by atoms with Gasteiger partial charge in [-0.15, -0.1) is 0 Å². The van der Waals surface area contributed by atoms with Gasteiger partial charge in [-0.1, -0.05) is 36.4 Å². The summed E-state index contributed by atoms with van der Waals surface area (Å²) in [7, 11) is 2.34. The molecule has 7 nitrogen and oxygen atoms in total. The molecule has 1 aromatic heterocycles. The molecular weight excluding hydrogens is 557 g/mol. The number of nitrogens with zero attached hydrogens (tertiary/aromatic N) is 1. The van der Waals surface area contributed by atoms with Crippen LogP contribution in [0.1, 0.15) is 34.9 Å². The summed E-state index contributed by atoms with van der Waals surface area (Å²) >= 11 is 1.33. The molecule has 2 N–H and O–H groups in total. The van der Waals surface area contributed by atoms with Crippen molar-refractivity contribution in [3.05, 3.63) is 111 Å². The molecule has 212 valence electrons. The van der Waals surface area contributed by atoms with Crippen molar-refractivity contribution in [2.24, 2.45) is 11.7 Å². The molecule has 0 saturated carbocycles. The predicted octanol–water partition coefficient (Wildman–Crippen LogP) is 5.51. The number of thiophene rings is 1. The quantitative estimate of drug-likeness (QED) is 0.313. The van der Waals surface area contributed by atoms with Crippen molar-refractivity contribution in [2.75, 3.05) is 19.1 Å². The van der Waals surface area contributed by atoms with Crippen LogP contribution in [0.5, 0.6) is 0 Å². The highest BCUT2D eigenvalue weighted by Crippen LogP contribution is 2.52. The minimum absolute atomic E-state index is 0.00567. The van der Waals surface area contributed by atoms with Gasteiger partial charge in [0.05, 0.1) is 31.3 Å². The molecule has 3 atom stereocenters. The minimum Gasteiger partial charge on any atom is -0.468 e. The maximum absolute atomic E-state index is 14.4. The van der Waals surface area contributed by atoms with Gasteiger partial charge < -0.3 is 15.2 Å². The Hall–Kier alpha value is -4.38. The summed E-state index contributed by atoms with van der Waals surface area (Å²) in [6.45, 7) is 0. The van der Waals surface area contributed by atoms with Crippen LogP contribution in [0.3, 0.4) is 0 Å². The van der Waals surface area contributed by atoms with Crippen molar-refractivity contribution >= 4 is 34.7 Å². The van der Waals surface area contributed by atoms with Crippen molar-refractivity contribution in [2.45, 2.75) is 24.4 Å². The first kappa shape index (κ1) is 28.2. The Morgan fingerprint density at radius 2 is 1.73 bits per heavy atom. The molecule has 41 heavy (non-hydrogen) atoms. The summed E-state index contributed by atoms with van der Waals surface area (Å²) in [5.74, 6) is -5.36. The Labute approximate surface area is 237 Å². The SMILES string of the molecule is COC(=O)C1=C(N)N(c2cccc(C(F)(F)F)c2)C2=C(C(=O)[C@@H](C(=O)OC)[C@H](c3ccccc3)C2)[C@@H]1c1ccsc1. The number of allylic oxidation sites excluding steroid dienone is 2. The Balaban J connectivity index is 1.82. The van der Waals surface area contributed by atoms with Crippen molar-refractivity contribution in [3.63, 3.8) is 0 Å². The normalized spacial score (nSPS) is 21.0. The molecule has 2 aliphatic rings. The lowest BCUT2D eigenvalue weighted by Crippen LogP contribution is -2.46. The lowest BCUT2D eigenvalue weighted by Gasteiger charge is -2.44. The second kappa shape index (κ2) is 10.9. The summed E-state index contributed by atoms with van der Waals surface area (Å²) in [5.41, 5.74) is 7.20. The van der Waals surface area contributed by atoms with Gasteiger partial charge in [-0.25, -0.2) is 4.79 Å². The third kappa shape index (κ3) is 4.90. The third-order valence-corrected chi connectivity index (χ3v) is 8.14. The number of rotatable bonds is 5. The largest absolute Gasteiger partial charge is 0.468 e. The number of halogens is 3. The van der Waals surface area contributed by atoms with Crippen molar-refractivity contribution in [1.29, 1.82) is 0 Å². The van der Waals surface area contributed by atoms with Crippen molar-refractivity contribution in [1.82, 2.24) is 0 Å². The number of benzene rings is 2. The second-order valence-corrected chi connectivity index (χ2v) is 10.4. The van der Waals surface area contributed by atoms with Gasteiger partial charge in [-0.3, -0.25) is 14.5 Å². The van der Waals surface area contributed by atoms with E-state index in [9.17, 15) is 27.6 Å². The highest BCUT2D eigenvalue weighted by Gasteiger charge is 2.51. The maximum atomic E-state index is 14.4. The molecular formula is C30H25F3N2O5S.